The van der Waals surface area contributed by atoms with Crippen LogP contribution in [0.4, 0.5) is 0 Å². The highest BCUT2D eigenvalue weighted by atomic mass is 79.9. The highest BCUT2D eigenvalue weighted by Crippen LogP contribution is 2.26. The predicted molar refractivity (Wildman–Crippen MR) is 119 cm³/mol. The number of rotatable bonds is 9. The zero-order valence-corrected chi connectivity index (χ0v) is 19.2. The van der Waals surface area contributed by atoms with E-state index >= 15 is 0 Å². The summed E-state index contributed by atoms with van der Waals surface area (Å²) in [5, 5.41) is 3.39. The van der Waals surface area contributed by atoms with Gasteiger partial charge >= 0.3 is 0 Å². The maximum absolute atomic E-state index is 13.0. The molecule has 0 aromatic heterocycles. The number of aryl methyl sites for hydroxylation is 1. The van der Waals surface area contributed by atoms with E-state index in [1.54, 1.807) is 19.1 Å². The Bertz CT molecular complexity index is 842. The summed E-state index contributed by atoms with van der Waals surface area (Å²) in [5.41, 5.74) is 2.05. The van der Waals surface area contributed by atoms with Gasteiger partial charge in [0, 0.05) is 18.1 Å². The first-order chi connectivity index (χ1) is 13.8. The van der Waals surface area contributed by atoms with E-state index in [0.717, 1.165) is 16.5 Å². The van der Waals surface area contributed by atoms with Gasteiger partial charge in [-0.3, -0.25) is 9.59 Å². The number of benzene rings is 2. The summed E-state index contributed by atoms with van der Waals surface area (Å²) in [7, 11) is 0. The number of carbonyl (C=O) groups is 2. The molecule has 2 aromatic rings. The SMILES string of the molecule is CCNC(=O)C(C)N(Cc1ccc(Cl)cc1)C(=O)COc1ccc(CC)cc1Br. The Morgan fingerprint density at radius 1 is 1.14 bits per heavy atom. The van der Waals surface area contributed by atoms with Gasteiger partial charge in [-0.2, -0.15) is 0 Å². The molecule has 7 heteroatoms. The number of likely N-dealkylation sites (N-methyl/N-ethyl adjacent to an activating group) is 1. The van der Waals surface area contributed by atoms with Crippen molar-refractivity contribution in [3.63, 3.8) is 0 Å². The molecule has 0 aliphatic heterocycles. The van der Waals surface area contributed by atoms with Crippen LogP contribution in [0.5, 0.6) is 5.75 Å². The molecule has 0 fully saturated rings. The zero-order chi connectivity index (χ0) is 21.4. The maximum Gasteiger partial charge on any atom is 0.261 e. The Kier molecular flexibility index (Phi) is 8.99. The van der Waals surface area contributed by atoms with Crippen molar-refractivity contribution in [3.8, 4) is 5.75 Å². The van der Waals surface area contributed by atoms with Crippen LogP contribution in [-0.2, 0) is 22.6 Å². The molecular formula is C22H26BrClN2O3. The van der Waals surface area contributed by atoms with Gasteiger partial charge < -0.3 is 15.0 Å². The summed E-state index contributed by atoms with van der Waals surface area (Å²) in [4.78, 5) is 26.8. The van der Waals surface area contributed by atoms with E-state index in [4.69, 9.17) is 16.3 Å². The number of halogens is 2. The molecule has 2 amide bonds. The van der Waals surface area contributed by atoms with Crippen molar-refractivity contribution in [1.82, 2.24) is 10.2 Å². The Balaban J connectivity index is 2.14. The third-order valence-electron chi connectivity index (χ3n) is 4.54. The molecule has 0 saturated heterocycles. The molecule has 2 aromatic carbocycles. The van der Waals surface area contributed by atoms with Crippen molar-refractivity contribution in [2.75, 3.05) is 13.2 Å². The first kappa shape index (κ1) is 23.2. The van der Waals surface area contributed by atoms with Crippen LogP contribution in [-0.4, -0.2) is 35.9 Å². The van der Waals surface area contributed by atoms with Crippen LogP contribution in [0.2, 0.25) is 5.02 Å². The lowest BCUT2D eigenvalue weighted by Gasteiger charge is -2.28. The van der Waals surface area contributed by atoms with Gasteiger partial charge in [-0.15, -0.1) is 0 Å². The smallest absolute Gasteiger partial charge is 0.261 e. The van der Waals surface area contributed by atoms with Gasteiger partial charge in [-0.1, -0.05) is 36.7 Å². The quantitative estimate of drug-likeness (QED) is 0.569. The summed E-state index contributed by atoms with van der Waals surface area (Å²) in [6, 6.07) is 12.4. The summed E-state index contributed by atoms with van der Waals surface area (Å²) < 4.78 is 6.53. The van der Waals surface area contributed by atoms with Crippen molar-refractivity contribution in [3.05, 3.63) is 63.1 Å². The standard InChI is InChI=1S/C22H26BrClN2O3/c1-4-16-8-11-20(19(23)12-16)29-14-21(27)26(15(3)22(28)25-5-2)13-17-6-9-18(24)10-7-17/h6-12,15H,4-5,13-14H2,1-3H3,(H,25,28). The Labute approximate surface area is 185 Å². The minimum absolute atomic E-state index is 0.165. The summed E-state index contributed by atoms with van der Waals surface area (Å²) in [6.45, 7) is 6.25. The number of carbonyl (C=O) groups excluding carboxylic acids is 2. The molecule has 0 aliphatic carbocycles. The van der Waals surface area contributed by atoms with Crippen molar-refractivity contribution in [2.45, 2.75) is 39.8 Å². The molecular weight excluding hydrogens is 456 g/mol. The molecule has 0 saturated carbocycles. The van der Waals surface area contributed by atoms with Crippen LogP contribution >= 0.6 is 27.5 Å². The van der Waals surface area contributed by atoms with E-state index in [0.29, 0.717) is 17.3 Å². The third-order valence-corrected chi connectivity index (χ3v) is 5.41. The second kappa shape index (κ2) is 11.2. The number of nitrogens with one attached hydrogen (secondary N) is 1. The summed E-state index contributed by atoms with van der Waals surface area (Å²) in [5.74, 6) is 0.112. The minimum atomic E-state index is -0.632. The number of amides is 2. The molecule has 1 unspecified atom stereocenters. The van der Waals surface area contributed by atoms with E-state index < -0.39 is 6.04 Å². The molecule has 0 heterocycles. The van der Waals surface area contributed by atoms with Crippen molar-refractivity contribution < 1.29 is 14.3 Å². The molecule has 0 spiro atoms. The van der Waals surface area contributed by atoms with E-state index in [1.807, 2.05) is 37.3 Å². The molecule has 29 heavy (non-hydrogen) atoms. The molecule has 0 bridgehead atoms. The van der Waals surface area contributed by atoms with Crippen molar-refractivity contribution in [1.29, 1.82) is 0 Å². The van der Waals surface area contributed by atoms with Gasteiger partial charge in [0.1, 0.15) is 11.8 Å². The fourth-order valence-electron chi connectivity index (χ4n) is 2.79. The minimum Gasteiger partial charge on any atom is -0.483 e. The van der Waals surface area contributed by atoms with Gasteiger partial charge in [-0.05, 0) is 71.6 Å². The lowest BCUT2D eigenvalue weighted by Crippen LogP contribution is -2.49. The van der Waals surface area contributed by atoms with Gasteiger partial charge in [0.05, 0.1) is 4.47 Å². The predicted octanol–water partition coefficient (Wildman–Crippen LogP) is 4.60. The van der Waals surface area contributed by atoms with Crippen LogP contribution < -0.4 is 10.1 Å². The van der Waals surface area contributed by atoms with Crippen molar-refractivity contribution >= 4 is 39.3 Å². The van der Waals surface area contributed by atoms with E-state index in [2.05, 4.69) is 28.2 Å². The summed E-state index contributed by atoms with van der Waals surface area (Å²) >= 11 is 9.43. The maximum atomic E-state index is 13.0. The second-order valence-electron chi connectivity index (χ2n) is 6.63. The molecule has 1 atom stereocenters. The fourth-order valence-corrected chi connectivity index (χ4v) is 3.46. The van der Waals surface area contributed by atoms with Gasteiger partial charge in [0.2, 0.25) is 5.91 Å². The summed E-state index contributed by atoms with van der Waals surface area (Å²) in [6.07, 6.45) is 0.913. The Morgan fingerprint density at radius 3 is 2.38 bits per heavy atom. The zero-order valence-electron chi connectivity index (χ0n) is 16.9. The largest absolute Gasteiger partial charge is 0.483 e. The molecule has 156 valence electrons. The first-order valence-corrected chi connectivity index (χ1v) is 10.8. The Morgan fingerprint density at radius 2 is 1.79 bits per heavy atom. The lowest BCUT2D eigenvalue weighted by atomic mass is 10.1. The number of hydrogen-bond donors (Lipinski definition) is 1. The molecule has 0 aliphatic rings. The average molecular weight is 482 g/mol. The van der Waals surface area contributed by atoms with Gasteiger partial charge in [0.25, 0.3) is 5.91 Å². The molecule has 1 N–H and O–H groups in total. The Hall–Kier alpha value is -2.05. The van der Waals surface area contributed by atoms with Gasteiger partial charge in [0.15, 0.2) is 6.61 Å². The second-order valence-corrected chi connectivity index (χ2v) is 7.92. The van der Waals surface area contributed by atoms with E-state index in [9.17, 15) is 9.59 Å². The lowest BCUT2D eigenvalue weighted by molar-refractivity contribution is -0.142. The van der Waals surface area contributed by atoms with Crippen LogP contribution in [0.1, 0.15) is 31.9 Å². The monoisotopic (exact) mass is 480 g/mol. The highest BCUT2D eigenvalue weighted by Gasteiger charge is 2.26. The fraction of sp³-hybridized carbons (Fsp3) is 0.364. The number of nitrogens with zero attached hydrogens (tertiary/aromatic N) is 1. The van der Waals surface area contributed by atoms with E-state index in [-0.39, 0.29) is 25.0 Å². The number of hydrogen-bond acceptors (Lipinski definition) is 3. The average Bonchev–Trinajstić information content (AvgIpc) is 2.71. The first-order valence-electron chi connectivity index (χ1n) is 9.58. The topological polar surface area (TPSA) is 58.6 Å². The normalized spacial score (nSPS) is 11.6. The number of ether oxygens (including phenoxy) is 1. The van der Waals surface area contributed by atoms with Crippen molar-refractivity contribution in [2.24, 2.45) is 0 Å². The molecule has 0 radical (unpaired) electrons. The molecule has 5 nitrogen and oxygen atoms in total. The van der Waals surface area contributed by atoms with Crippen LogP contribution in [0.25, 0.3) is 0 Å². The third kappa shape index (κ3) is 6.75. The van der Waals surface area contributed by atoms with Crippen LogP contribution in [0, 0.1) is 0 Å². The van der Waals surface area contributed by atoms with E-state index in [1.165, 1.54) is 10.5 Å². The van der Waals surface area contributed by atoms with Crippen LogP contribution in [0.15, 0.2) is 46.9 Å². The highest BCUT2D eigenvalue weighted by molar-refractivity contribution is 9.10. The molecule has 2 rings (SSSR count). The van der Waals surface area contributed by atoms with Crippen LogP contribution in [0.3, 0.4) is 0 Å². The van der Waals surface area contributed by atoms with Gasteiger partial charge in [-0.25, -0.2) is 0 Å².